The van der Waals surface area contributed by atoms with Crippen molar-refractivity contribution in [1.29, 1.82) is 10.5 Å². The molecule has 1 aromatic rings. The molecular formula is C16H17N3. The first kappa shape index (κ1) is 13.3. The van der Waals surface area contributed by atoms with Crippen molar-refractivity contribution >= 4 is 0 Å². The summed E-state index contributed by atoms with van der Waals surface area (Å²) in [6, 6.07) is 9.90. The molecule has 3 nitrogen and oxygen atoms in total. The number of piperidine rings is 1. The number of hydrogen-bond donors (Lipinski definition) is 0. The van der Waals surface area contributed by atoms with E-state index in [-0.39, 0.29) is 0 Å². The second-order valence-electron chi connectivity index (χ2n) is 4.86. The minimum atomic E-state index is 0.393. The molecule has 1 fully saturated rings. The summed E-state index contributed by atoms with van der Waals surface area (Å²) in [6.07, 6.45) is 4.01. The Morgan fingerprint density at radius 1 is 1.26 bits per heavy atom. The molecular weight excluding hydrogens is 234 g/mol. The van der Waals surface area contributed by atoms with E-state index in [2.05, 4.69) is 23.6 Å². The van der Waals surface area contributed by atoms with Crippen molar-refractivity contribution in [2.24, 2.45) is 0 Å². The first-order valence-corrected chi connectivity index (χ1v) is 6.56. The van der Waals surface area contributed by atoms with Gasteiger partial charge in [-0.2, -0.15) is 10.5 Å². The summed E-state index contributed by atoms with van der Waals surface area (Å²) in [4.78, 5) is 2.36. The maximum atomic E-state index is 9.27. The van der Waals surface area contributed by atoms with E-state index in [1.165, 1.54) is 0 Å². The third kappa shape index (κ3) is 2.84. The summed E-state index contributed by atoms with van der Waals surface area (Å²) in [5.74, 6) is 0.393. The molecule has 0 N–H and O–H groups in total. The van der Waals surface area contributed by atoms with Gasteiger partial charge in [-0.1, -0.05) is 18.2 Å². The Hall–Kier alpha value is -2.10. The van der Waals surface area contributed by atoms with Gasteiger partial charge in [-0.05, 0) is 43.5 Å². The quantitative estimate of drug-likeness (QED) is 0.776. The Morgan fingerprint density at radius 3 is 2.58 bits per heavy atom. The minimum Gasteiger partial charge on any atom is -0.300 e. The zero-order valence-electron chi connectivity index (χ0n) is 11.0. The van der Waals surface area contributed by atoms with E-state index in [1.54, 1.807) is 6.07 Å². The van der Waals surface area contributed by atoms with Crippen LogP contribution in [0.4, 0.5) is 0 Å². The van der Waals surface area contributed by atoms with E-state index in [1.807, 2.05) is 18.2 Å². The third-order valence-corrected chi connectivity index (χ3v) is 3.74. The lowest BCUT2D eigenvalue weighted by atomic mass is 9.85. The Morgan fingerprint density at radius 2 is 2.00 bits per heavy atom. The zero-order valence-corrected chi connectivity index (χ0v) is 11.0. The number of likely N-dealkylation sites (tertiary alicyclic amines) is 1. The fourth-order valence-corrected chi connectivity index (χ4v) is 2.74. The molecule has 1 aliphatic heterocycles. The Balaban J connectivity index is 2.19. The number of hydrogen-bond acceptors (Lipinski definition) is 3. The number of benzene rings is 1. The number of nitrogens with zero attached hydrogens (tertiary/aromatic N) is 3. The smallest absolute Gasteiger partial charge is 0.101 e. The lowest BCUT2D eigenvalue weighted by Crippen LogP contribution is -2.33. The van der Waals surface area contributed by atoms with Crippen molar-refractivity contribution in [2.75, 3.05) is 19.6 Å². The molecule has 96 valence electrons. The maximum absolute atomic E-state index is 9.27. The van der Waals surface area contributed by atoms with E-state index in [9.17, 15) is 5.26 Å². The van der Waals surface area contributed by atoms with Crippen LogP contribution in [0.1, 0.15) is 35.4 Å². The monoisotopic (exact) mass is 251 g/mol. The van der Waals surface area contributed by atoms with Crippen LogP contribution in [0, 0.1) is 22.7 Å². The highest BCUT2D eigenvalue weighted by Gasteiger charge is 2.23. The van der Waals surface area contributed by atoms with Crippen LogP contribution in [0.2, 0.25) is 0 Å². The maximum Gasteiger partial charge on any atom is 0.101 e. The highest BCUT2D eigenvalue weighted by Crippen LogP contribution is 2.31. The van der Waals surface area contributed by atoms with Crippen LogP contribution >= 0.6 is 0 Å². The molecule has 1 aromatic carbocycles. The van der Waals surface area contributed by atoms with Crippen molar-refractivity contribution in [1.82, 2.24) is 4.90 Å². The van der Waals surface area contributed by atoms with Crippen LogP contribution in [-0.2, 0) is 0 Å². The lowest BCUT2D eigenvalue weighted by molar-refractivity contribution is 0.232. The third-order valence-electron chi connectivity index (χ3n) is 3.74. The van der Waals surface area contributed by atoms with Crippen molar-refractivity contribution < 1.29 is 0 Å². The fraction of sp³-hybridized carbons (Fsp3) is 0.375. The second-order valence-corrected chi connectivity index (χ2v) is 4.86. The molecule has 0 radical (unpaired) electrons. The summed E-state index contributed by atoms with van der Waals surface area (Å²) in [6.45, 7) is 6.74. The Kier molecular flexibility index (Phi) is 4.34. The van der Waals surface area contributed by atoms with Gasteiger partial charge >= 0.3 is 0 Å². The predicted octanol–water partition coefficient (Wildman–Crippen LogP) is 2.80. The molecule has 1 aliphatic rings. The molecule has 2 rings (SSSR count). The molecule has 0 atom stereocenters. The fourth-order valence-electron chi connectivity index (χ4n) is 2.74. The van der Waals surface area contributed by atoms with Crippen molar-refractivity contribution in [3.63, 3.8) is 0 Å². The standard InChI is InChI=1S/C16H17N3/c1-2-8-19-9-6-13(7-10-19)15-5-3-4-14(11-17)16(15)12-18/h2-5,13H,1,6-10H2. The van der Waals surface area contributed by atoms with Crippen LogP contribution in [-0.4, -0.2) is 24.5 Å². The molecule has 0 saturated carbocycles. The van der Waals surface area contributed by atoms with Crippen LogP contribution in [0.15, 0.2) is 30.9 Å². The average molecular weight is 251 g/mol. The van der Waals surface area contributed by atoms with Crippen LogP contribution in [0.5, 0.6) is 0 Å². The highest BCUT2D eigenvalue weighted by molar-refractivity contribution is 5.51. The van der Waals surface area contributed by atoms with Crippen LogP contribution in [0.3, 0.4) is 0 Å². The summed E-state index contributed by atoms with van der Waals surface area (Å²) in [5, 5.41) is 18.3. The van der Waals surface area contributed by atoms with E-state index in [0.717, 1.165) is 38.0 Å². The van der Waals surface area contributed by atoms with E-state index in [0.29, 0.717) is 17.0 Å². The number of nitriles is 2. The summed E-state index contributed by atoms with van der Waals surface area (Å²) >= 11 is 0. The Bertz CT molecular complexity index is 540. The summed E-state index contributed by atoms with van der Waals surface area (Å²) < 4.78 is 0. The molecule has 0 unspecified atom stereocenters. The molecule has 1 heterocycles. The molecule has 0 spiro atoms. The van der Waals surface area contributed by atoms with Gasteiger partial charge in [0.25, 0.3) is 0 Å². The molecule has 0 amide bonds. The normalized spacial score (nSPS) is 16.5. The number of rotatable bonds is 3. The zero-order chi connectivity index (χ0) is 13.7. The van der Waals surface area contributed by atoms with Gasteiger partial charge in [0.1, 0.15) is 12.1 Å². The molecule has 3 heteroatoms. The largest absolute Gasteiger partial charge is 0.300 e. The molecule has 0 aromatic heterocycles. The minimum absolute atomic E-state index is 0.393. The highest BCUT2D eigenvalue weighted by atomic mass is 15.1. The summed E-state index contributed by atoms with van der Waals surface area (Å²) in [7, 11) is 0. The van der Waals surface area contributed by atoms with Gasteiger partial charge in [-0.3, -0.25) is 4.90 Å². The van der Waals surface area contributed by atoms with Gasteiger partial charge in [-0.25, -0.2) is 0 Å². The summed E-state index contributed by atoms with van der Waals surface area (Å²) in [5.41, 5.74) is 2.10. The van der Waals surface area contributed by atoms with Crippen molar-refractivity contribution in [2.45, 2.75) is 18.8 Å². The van der Waals surface area contributed by atoms with E-state index < -0.39 is 0 Å². The van der Waals surface area contributed by atoms with Gasteiger partial charge in [0.15, 0.2) is 0 Å². The van der Waals surface area contributed by atoms with E-state index >= 15 is 0 Å². The van der Waals surface area contributed by atoms with E-state index in [4.69, 9.17) is 5.26 Å². The first-order valence-electron chi connectivity index (χ1n) is 6.56. The topological polar surface area (TPSA) is 50.8 Å². The molecule has 1 saturated heterocycles. The van der Waals surface area contributed by atoms with Crippen LogP contribution < -0.4 is 0 Å². The van der Waals surface area contributed by atoms with Crippen molar-refractivity contribution in [3.05, 3.63) is 47.5 Å². The van der Waals surface area contributed by atoms with Crippen LogP contribution in [0.25, 0.3) is 0 Å². The van der Waals surface area contributed by atoms with Crippen molar-refractivity contribution in [3.8, 4) is 12.1 Å². The van der Waals surface area contributed by atoms with Gasteiger partial charge in [0.05, 0.1) is 11.1 Å². The average Bonchev–Trinajstić information content (AvgIpc) is 2.47. The van der Waals surface area contributed by atoms with Gasteiger partial charge in [0.2, 0.25) is 0 Å². The predicted molar refractivity (Wildman–Crippen MR) is 74.5 cm³/mol. The van der Waals surface area contributed by atoms with Gasteiger partial charge in [-0.15, -0.1) is 6.58 Å². The first-order chi connectivity index (χ1) is 9.30. The molecule has 0 bridgehead atoms. The molecule has 0 aliphatic carbocycles. The van der Waals surface area contributed by atoms with Gasteiger partial charge in [0, 0.05) is 6.54 Å². The Labute approximate surface area is 114 Å². The second kappa shape index (κ2) is 6.18. The lowest BCUT2D eigenvalue weighted by Gasteiger charge is -2.31. The molecule has 19 heavy (non-hydrogen) atoms. The van der Waals surface area contributed by atoms with Gasteiger partial charge < -0.3 is 0 Å². The SMILES string of the molecule is C=CCN1CCC(c2cccc(C#N)c2C#N)CC1.